The quantitative estimate of drug-likeness (QED) is 0.183. The Morgan fingerprint density at radius 1 is 0.886 bits per heavy atom. The second-order valence-corrected chi connectivity index (χ2v) is 11.3. The fourth-order valence-electron chi connectivity index (χ4n) is 5.70. The number of hydrogen-bond acceptors (Lipinski definition) is 5. The average Bonchev–Trinajstić information content (AvgIpc) is 3.06. The van der Waals surface area contributed by atoms with E-state index in [1.54, 1.807) is 17.1 Å². The summed E-state index contributed by atoms with van der Waals surface area (Å²) in [6, 6.07) is 26.0. The van der Waals surface area contributed by atoms with Gasteiger partial charge in [-0.3, -0.25) is 14.4 Å². The maximum absolute atomic E-state index is 13.7. The molecule has 4 atom stereocenters. The van der Waals surface area contributed by atoms with Gasteiger partial charge in [-0.15, -0.1) is 13.2 Å². The largest absolute Gasteiger partial charge is 0.463 e. The highest BCUT2D eigenvalue weighted by molar-refractivity contribution is 5.86. The minimum atomic E-state index is -0.676. The van der Waals surface area contributed by atoms with Gasteiger partial charge in [0.25, 0.3) is 0 Å². The number of esters is 1. The molecule has 4 rings (SSSR count). The SMILES string of the molecule is C=CC[C@H](CC(=O)N1Cc2ccccc2C[C@H]1CO)C(=O)N[C@@H](COC(=O)[C@@H](CC=C)Cc1ccccc1)c1ccccc1. The fraction of sp³-hybridized carbons (Fsp3) is 0.324. The second kappa shape index (κ2) is 16.4. The van der Waals surface area contributed by atoms with Crippen LogP contribution in [-0.4, -0.2) is 47.0 Å². The molecule has 0 aliphatic carbocycles. The first-order valence-electron chi connectivity index (χ1n) is 15.2. The maximum Gasteiger partial charge on any atom is 0.309 e. The van der Waals surface area contributed by atoms with E-state index in [1.165, 1.54) is 0 Å². The molecular formula is C37H42N2O5. The molecule has 0 spiro atoms. The van der Waals surface area contributed by atoms with E-state index in [9.17, 15) is 19.5 Å². The summed E-state index contributed by atoms with van der Waals surface area (Å²) < 4.78 is 5.80. The minimum absolute atomic E-state index is 0.0314. The fourth-order valence-corrected chi connectivity index (χ4v) is 5.70. The molecule has 7 heteroatoms. The number of aliphatic hydroxyl groups is 1. The van der Waals surface area contributed by atoms with Crippen LogP contribution in [-0.2, 0) is 38.5 Å². The first kappa shape index (κ1) is 32.4. The molecule has 1 aliphatic rings. The van der Waals surface area contributed by atoms with Gasteiger partial charge < -0.3 is 20.1 Å². The Balaban J connectivity index is 1.45. The standard InChI is InChI=1S/C37H42N2O5/c1-3-13-30(23-35(41)39-24-32-20-12-11-19-29(32)22-33(39)25-40)36(42)38-34(28-17-9-6-10-18-28)26-44-37(43)31(14-4-2)21-27-15-7-5-8-16-27/h3-12,15-20,30-31,33-34,40H,1-2,13-14,21-26H2,(H,38,42)/t30-,31+,33+,34+/m1/s1. The van der Waals surface area contributed by atoms with Crippen molar-refractivity contribution < 1.29 is 24.2 Å². The molecule has 0 aromatic heterocycles. The second-order valence-electron chi connectivity index (χ2n) is 11.3. The van der Waals surface area contributed by atoms with E-state index in [0.29, 0.717) is 32.2 Å². The van der Waals surface area contributed by atoms with Crippen molar-refractivity contribution in [3.63, 3.8) is 0 Å². The molecule has 0 bridgehead atoms. The Bertz CT molecular complexity index is 1410. The molecule has 230 valence electrons. The maximum atomic E-state index is 13.7. The van der Waals surface area contributed by atoms with Crippen LogP contribution in [0.25, 0.3) is 0 Å². The van der Waals surface area contributed by atoms with Gasteiger partial charge in [0.15, 0.2) is 0 Å². The molecule has 1 aliphatic heterocycles. The van der Waals surface area contributed by atoms with E-state index in [1.807, 2.05) is 84.9 Å². The van der Waals surface area contributed by atoms with E-state index in [4.69, 9.17) is 4.74 Å². The Kier molecular flexibility index (Phi) is 12.1. The molecule has 0 saturated carbocycles. The number of ether oxygens (including phenoxy) is 1. The number of rotatable bonds is 15. The minimum Gasteiger partial charge on any atom is -0.463 e. The lowest BCUT2D eigenvalue weighted by molar-refractivity contribution is -0.150. The lowest BCUT2D eigenvalue weighted by Crippen LogP contribution is -2.47. The number of fused-ring (bicyclic) bond motifs is 1. The third-order valence-electron chi connectivity index (χ3n) is 8.15. The molecule has 0 radical (unpaired) electrons. The van der Waals surface area contributed by atoms with Crippen LogP contribution in [0.15, 0.2) is 110 Å². The number of carbonyl (C=O) groups is 3. The van der Waals surface area contributed by atoms with E-state index >= 15 is 0 Å². The molecule has 0 fully saturated rings. The lowest BCUT2D eigenvalue weighted by atomic mass is 9.92. The Morgan fingerprint density at radius 3 is 2.16 bits per heavy atom. The zero-order chi connectivity index (χ0) is 31.3. The van der Waals surface area contributed by atoms with Crippen LogP contribution in [0.3, 0.4) is 0 Å². The van der Waals surface area contributed by atoms with Crippen LogP contribution in [0, 0.1) is 11.8 Å². The van der Waals surface area contributed by atoms with Crippen molar-refractivity contribution in [2.45, 2.75) is 50.7 Å². The van der Waals surface area contributed by atoms with Gasteiger partial charge in [0.1, 0.15) is 6.61 Å². The highest BCUT2D eigenvalue weighted by atomic mass is 16.5. The predicted octanol–water partition coefficient (Wildman–Crippen LogP) is 5.35. The van der Waals surface area contributed by atoms with E-state index in [-0.39, 0.29) is 43.5 Å². The highest BCUT2D eigenvalue weighted by Crippen LogP contribution is 2.26. The van der Waals surface area contributed by atoms with Gasteiger partial charge in [-0.2, -0.15) is 0 Å². The molecule has 7 nitrogen and oxygen atoms in total. The van der Waals surface area contributed by atoms with Crippen molar-refractivity contribution in [1.82, 2.24) is 10.2 Å². The zero-order valence-corrected chi connectivity index (χ0v) is 25.1. The van der Waals surface area contributed by atoms with Crippen molar-refractivity contribution >= 4 is 17.8 Å². The number of carbonyl (C=O) groups excluding carboxylic acids is 3. The van der Waals surface area contributed by atoms with Gasteiger partial charge in [0.05, 0.1) is 30.5 Å². The van der Waals surface area contributed by atoms with Crippen LogP contribution >= 0.6 is 0 Å². The van der Waals surface area contributed by atoms with E-state index in [0.717, 1.165) is 22.3 Å². The first-order valence-corrected chi connectivity index (χ1v) is 15.2. The van der Waals surface area contributed by atoms with Gasteiger partial charge in [0.2, 0.25) is 11.8 Å². The molecule has 2 N–H and O–H groups in total. The average molecular weight is 595 g/mol. The normalized spacial score (nSPS) is 16.1. The van der Waals surface area contributed by atoms with Crippen molar-refractivity contribution in [2.75, 3.05) is 13.2 Å². The number of allylic oxidation sites excluding steroid dienone is 2. The molecule has 0 unspecified atom stereocenters. The number of hydrogen-bond donors (Lipinski definition) is 2. The Labute approximate surface area is 260 Å². The van der Waals surface area contributed by atoms with Gasteiger partial charge in [-0.25, -0.2) is 0 Å². The summed E-state index contributed by atoms with van der Waals surface area (Å²) in [6.07, 6.45) is 5.16. The summed E-state index contributed by atoms with van der Waals surface area (Å²) in [7, 11) is 0. The van der Waals surface area contributed by atoms with Crippen LogP contribution in [0.4, 0.5) is 0 Å². The lowest BCUT2D eigenvalue weighted by Gasteiger charge is -2.36. The monoisotopic (exact) mass is 594 g/mol. The van der Waals surface area contributed by atoms with Crippen LogP contribution in [0.2, 0.25) is 0 Å². The molecule has 3 aromatic rings. The van der Waals surface area contributed by atoms with Crippen molar-refractivity contribution in [3.05, 3.63) is 132 Å². The summed E-state index contributed by atoms with van der Waals surface area (Å²) >= 11 is 0. The summed E-state index contributed by atoms with van der Waals surface area (Å²) in [5.74, 6) is -1.96. The van der Waals surface area contributed by atoms with Gasteiger partial charge in [-0.05, 0) is 47.9 Å². The summed E-state index contributed by atoms with van der Waals surface area (Å²) in [5, 5.41) is 13.1. The summed E-state index contributed by atoms with van der Waals surface area (Å²) in [4.78, 5) is 42.1. The predicted molar refractivity (Wildman–Crippen MR) is 171 cm³/mol. The Morgan fingerprint density at radius 2 is 1.50 bits per heavy atom. The van der Waals surface area contributed by atoms with Crippen molar-refractivity contribution in [1.29, 1.82) is 0 Å². The van der Waals surface area contributed by atoms with Crippen LogP contribution < -0.4 is 5.32 Å². The third kappa shape index (κ3) is 8.77. The summed E-state index contributed by atoms with van der Waals surface area (Å²) in [5.41, 5.74) is 3.98. The van der Waals surface area contributed by atoms with Crippen molar-refractivity contribution in [3.8, 4) is 0 Å². The van der Waals surface area contributed by atoms with Crippen molar-refractivity contribution in [2.24, 2.45) is 11.8 Å². The molecule has 3 aromatic carbocycles. The molecular weight excluding hydrogens is 552 g/mol. The van der Waals surface area contributed by atoms with Gasteiger partial charge in [0, 0.05) is 13.0 Å². The van der Waals surface area contributed by atoms with E-state index in [2.05, 4.69) is 18.5 Å². The van der Waals surface area contributed by atoms with E-state index < -0.39 is 17.9 Å². The van der Waals surface area contributed by atoms with Gasteiger partial charge >= 0.3 is 5.97 Å². The molecule has 0 saturated heterocycles. The zero-order valence-electron chi connectivity index (χ0n) is 25.1. The van der Waals surface area contributed by atoms with Crippen LogP contribution in [0.5, 0.6) is 0 Å². The summed E-state index contributed by atoms with van der Waals surface area (Å²) in [6.45, 7) is 7.79. The number of amides is 2. The topological polar surface area (TPSA) is 95.9 Å². The number of aliphatic hydroxyl groups excluding tert-OH is 1. The number of nitrogens with one attached hydrogen (secondary N) is 1. The molecule has 2 amide bonds. The molecule has 44 heavy (non-hydrogen) atoms. The van der Waals surface area contributed by atoms with Gasteiger partial charge in [-0.1, -0.05) is 97.1 Å². The van der Waals surface area contributed by atoms with Crippen LogP contribution in [0.1, 0.15) is 47.6 Å². The molecule has 1 heterocycles. The highest BCUT2D eigenvalue weighted by Gasteiger charge is 2.32. The third-order valence-corrected chi connectivity index (χ3v) is 8.15. The first-order chi connectivity index (χ1) is 21.4. The number of nitrogens with zero attached hydrogens (tertiary/aromatic N) is 1. The number of benzene rings is 3. The Hall–Kier alpha value is -4.49. The smallest absolute Gasteiger partial charge is 0.309 e.